The number of methoxy groups -OCH3 is 1. The first kappa shape index (κ1) is 16.5. The molecule has 23 heavy (non-hydrogen) atoms. The van der Waals surface area contributed by atoms with Crippen LogP contribution in [0.3, 0.4) is 0 Å². The lowest BCUT2D eigenvalue weighted by Gasteiger charge is -2.12. The molecule has 0 aromatic heterocycles. The number of carbonyl (C=O) groups excluding carboxylic acids is 2. The number of nitrogens with one attached hydrogen (secondary N) is 1. The minimum atomic E-state index is -0.697. The van der Waals surface area contributed by atoms with Crippen LogP contribution in [0.5, 0.6) is 5.75 Å². The van der Waals surface area contributed by atoms with E-state index >= 15 is 0 Å². The highest BCUT2D eigenvalue weighted by Gasteiger charge is 2.15. The third kappa shape index (κ3) is 4.85. The molecule has 0 heterocycles. The van der Waals surface area contributed by atoms with E-state index in [2.05, 4.69) is 10.1 Å². The van der Waals surface area contributed by atoms with Gasteiger partial charge in [-0.3, -0.25) is 4.79 Å². The van der Waals surface area contributed by atoms with Gasteiger partial charge in [0, 0.05) is 12.1 Å². The van der Waals surface area contributed by atoms with Crippen molar-refractivity contribution < 1.29 is 19.1 Å². The van der Waals surface area contributed by atoms with Crippen molar-refractivity contribution in [2.24, 2.45) is 0 Å². The number of rotatable bonds is 6. The fourth-order valence-electron chi connectivity index (χ4n) is 1.98. The quantitative estimate of drug-likeness (QED) is 0.833. The van der Waals surface area contributed by atoms with E-state index < -0.39 is 12.1 Å². The van der Waals surface area contributed by atoms with Crippen molar-refractivity contribution >= 4 is 11.9 Å². The normalized spacial score (nSPS) is 11.4. The summed E-state index contributed by atoms with van der Waals surface area (Å²) in [5.41, 5.74) is 1.56. The van der Waals surface area contributed by atoms with Crippen molar-refractivity contribution in [2.45, 2.75) is 19.6 Å². The van der Waals surface area contributed by atoms with Gasteiger partial charge < -0.3 is 14.8 Å². The van der Waals surface area contributed by atoms with Gasteiger partial charge in [-0.2, -0.15) is 0 Å². The molecule has 2 aromatic carbocycles. The lowest BCUT2D eigenvalue weighted by atomic mass is 10.2. The number of ether oxygens (including phenoxy) is 2. The lowest BCUT2D eigenvalue weighted by Crippen LogP contribution is -2.25. The maximum absolute atomic E-state index is 12.1. The Morgan fingerprint density at radius 2 is 1.70 bits per heavy atom. The van der Waals surface area contributed by atoms with E-state index in [4.69, 9.17) is 4.74 Å². The molecule has 1 atom stereocenters. The second-order valence-electron chi connectivity index (χ2n) is 4.98. The van der Waals surface area contributed by atoms with Crippen LogP contribution in [0.2, 0.25) is 0 Å². The largest absolute Gasteiger partial charge is 0.479 e. The molecule has 0 bridgehead atoms. The molecule has 5 nitrogen and oxygen atoms in total. The Morgan fingerprint density at radius 1 is 1.04 bits per heavy atom. The minimum Gasteiger partial charge on any atom is -0.479 e. The first-order valence-electron chi connectivity index (χ1n) is 7.27. The van der Waals surface area contributed by atoms with Crippen molar-refractivity contribution in [3.63, 3.8) is 0 Å². The summed E-state index contributed by atoms with van der Waals surface area (Å²) < 4.78 is 10.0. The van der Waals surface area contributed by atoms with Crippen LogP contribution in [0.25, 0.3) is 0 Å². The second-order valence-corrected chi connectivity index (χ2v) is 4.98. The molecule has 2 rings (SSSR count). The summed E-state index contributed by atoms with van der Waals surface area (Å²) >= 11 is 0. The second kappa shape index (κ2) is 7.98. The van der Waals surface area contributed by atoms with Crippen molar-refractivity contribution in [1.82, 2.24) is 5.32 Å². The van der Waals surface area contributed by atoms with E-state index in [-0.39, 0.29) is 5.91 Å². The van der Waals surface area contributed by atoms with Crippen LogP contribution >= 0.6 is 0 Å². The summed E-state index contributed by atoms with van der Waals surface area (Å²) in [4.78, 5) is 23.4. The van der Waals surface area contributed by atoms with Crippen LogP contribution in [-0.2, 0) is 16.1 Å². The summed E-state index contributed by atoms with van der Waals surface area (Å²) in [6.07, 6.45) is -0.697. The Morgan fingerprint density at radius 3 is 2.30 bits per heavy atom. The van der Waals surface area contributed by atoms with Crippen LogP contribution in [0.1, 0.15) is 22.8 Å². The third-order valence-electron chi connectivity index (χ3n) is 3.26. The summed E-state index contributed by atoms with van der Waals surface area (Å²) in [6.45, 7) is 2.07. The molecule has 1 unspecified atom stereocenters. The van der Waals surface area contributed by atoms with E-state index in [1.807, 2.05) is 30.3 Å². The van der Waals surface area contributed by atoms with Gasteiger partial charge in [0.25, 0.3) is 5.91 Å². The standard InChI is InChI=1S/C18H19NO4/c1-13(18(21)22-2)23-16-10-8-15(9-11-16)17(20)19-12-14-6-4-3-5-7-14/h3-11,13H,12H2,1-2H3,(H,19,20). The van der Waals surface area contributed by atoms with Crippen molar-refractivity contribution in [1.29, 1.82) is 0 Å². The van der Waals surface area contributed by atoms with Gasteiger partial charge in [0.05, 0.1) is 7.11 Å². The lowest BCUT2D eigenvalue weighted by molar-refractivity contribution is -0.147. The Hall–Kier alpha value is -2.82. The number of carbonyl (C=O) groups is 2. The molecule has 0 fully saturated rings. The fourth-order valence-corrected chi connectivity index (χ4v) is 1.98. The van der Waals surface area contributed by atoms with Crippen LogP contribution < -0.4 is 10.1 Å². The molecule has 0 radical (unpaired) electrons. The highest BCUT2D eigenvalue weighted by atomic mass is 16.6. The zero-order valence-corrected chi connectivity index (χ0v) is 13.1. The summed E-state index contributed by atoms with van der Waals surface area (Å²) in [7, 11) is 1.31. The summed E-state index contributed by atoms with van der Waals surface area (Å²) in [5.74, 6) is -0.112. The first-order valence-corrected chi connectivity index (χ1v) is 7.27. The number of hydrogen-bond donors (Lipinski definition) is 1. The van der Waals surface area contributed by atoms with Crippen LogP contribution in [0.15, 0.2) is 54.6 Å². The molecular weight excluding hydrogens is 294 g/mol. The predicted octanol–water partition coefficient (Wildman–Crippen LogP) is 2.56. The number of amides is 1. The van der Waals surface area contributed by atoms with E-state index in [0.29, 0.717) is 17.9 Å². The minimum absolute atomic E-state index is 0.165. The number of hydrogen-bond acceptors (Lipinski definition) is 4. The predicted molar refractivity (Wildman–Crippen MR) is 86.2 cm³/mol. The Kier molecular flexibility index (Phi) is 5.74. The van der Waals surface area contributed by atoms with E-state index in [1.165, 1.54) is 7.11 Å². The number of esters is 1. The van der Waals surface area contributed by atoms with Gasteiger partial charge in [-0.05, 0) is 36.8 Å². The molecule has 1 N–H and O–H groups in total. The van der Waals surface area contributed by atoms with Gasteiger partial charge >= 0.3 is 5.97 Å². The smallest absolute Gasteiger partial charge is 0.346 e. The molecular formula is C18H19NO4. The zero-order valence-electron chi connectivity index (χ0n) is 13.1. The van der Waals surface area contributed by atoms with Crippen molar-refractivity contribution in [2.75, 3.05) is 7.11 Å². The molecule has 0 aliphatic rings. The molecule has 5 heteroatoms. The van der Waals surface area contributed by atoms with E-state index in [1.54, 1.807) is 31.2 Å². The Bertz CT molecular complexity index is 652. The van der Waals surface area contributed by atoms with Gasteiger partial charge in [-0.1, -0.05) is 30.3 Å². The first-order chi connectivity index (χ1) is 11.1. The molecule has 0 saturated carbocycles. The van der Waals surface area contributed by atoms with Gasteiger partial charge in [-0.15, -0.1) is 0 Å². The summed E-state index contributed by atoms with van der Waals surface area (Å²) in [6, 6.07) is 16.3. The van der Waals surface area contributed by atoms with Crippen molar-refractivity contribution in [3.8, 4) is 5.75 Å². The summed E-state index contributed by atoms with van der Waals surface area (Å²) in [5, 5.41) is 2.85. The number of benzene rings is 2. The topological polar surface area (TPSA) is 64.6 Å². The SMILES string of the molecule is COC(=O)C(C)Oc1ccc(C(=O)NCc2ccccc2)cc1. The van der Waals surface area contributed by atoms with Gasteiger partial charge in [0.1, 0.15) is 5.75 Å². The molecule has 0 aliphatic heterocycles. The van der Waals surface area contributed by atoms with Crippen molar-refractivity contribution in [3.05, 3.63) is 65.7 Å². The molecule has 1 amide bonds. The van der Waals surface area contributed by atoms with Crippen LogP contribution in [-0.4, -0.2) is 25.1 Å². The zero-order chi connectivity index (χ0) is 16.7. The molecule has 120 valence electrons. The molecule has 0 aliphatic carbocycles. The van der Waals surface area contributed by atoms with E-state index in [0.717, 1.165) is 5.56 Å². The van der Waals surface area contributed by atoms with Gasteiger partial charge in [0.15, 0.2) is 6.10 Å². The average molecular weight is 313 g/mol. The average Bonchev–Trinajstić information content (AvgIpc) is 2.60. The third-order valence-corrected chi connectivity index (χ3v) is 3.26. The van der Waals surface area contributed by atoms with E-state index in [9.17, 15) is 9.59 Å². The Labute approximate surface area is 135 Å². The van der Waals surface area contributed by atoms with Crippen LogP contribution in [0, 0.1) is 0 Å². The Balaban J connectivity index is 1.91. The monoisotopic (exact) mass is 313 g/mol. The molecule has 0 saturated heterocycles. The molecule has 0 spiro atoms. The molecule has 2 aromatic rings. The van der Waals surface area contributed by atoms with Gasteiger partial charge in [0.2, 0.25) is 0 Å². The van der Waals surface area contributed by atoms with Gasteiger partial charge in [-0.25, -0.2) is 4.79 Å². The maximum Gasteiger partial charge on any atom is 0.346 e. The maximum atomic E-state index is 12.1. The highest BCUT2D eigenvalue weighted by Crippen LogP contribution is 2.14. The highest BCUT2D eigenvalue weighted by molar-refractivity contribution is 5.94. The fraction of sp³-hybridized carbons (Fsp3) is 0.222. The van der Waals surface area contributed by atoms with Crippen LogP contribution in [0.4, 0.5) is 0 Å².